The van der Waals surface area contributed by atoms with Gasteiger partial charge in [0.25, 0.3) is 0 Å². The average molecular weight is 389 g/mol. The molecule has 1 unspecified atom stereocenters. The lowest BCUT2D eigenvalue weighted by molar-refractivity contribution is -0.113. The van der Waals surface area contributed by atoms with E-state index in [1.807, 2.05) is 25.1 Å². The van der Waals surface area contributed by atoms with Crippen molar-refractivity contribution in [3.63, 3.8) is 0 Å². The molecular formula is C18H14ClFN4OS. The van der Waals surface area contributed by atoms with Gasteiger partial charge in [0.05, 0.1) is 16.7 Å². The van der Waals surface area contributed by atoms with Crippen molar-refractivity contribution in [3.8, 4) is 5.82 Å². The number of anilines is 1. The van der Waals surface area contributed by atoms with Crippen molar-refractivity contribution < 1.29 is 9.18 Å². The van der Waals surface area contributed by atoms with Gasteiger partial charge in [0.2, 0.25) is 5.91 Å². The van der Waals surface area contributed by atoms with Crippen LogP contribution in [0.3, 0.4) is 0 Å². The van der Waals surface area contributed by atoms with Gasteiger partial charge in [-0.2, -0.15) is 9.78 Å². The Morgan fingerprint density at radius 3 is 2.92 bits per heavy atom. The quantitative estimate of drug-likeness (QED) is 0.716. The molecule has 0 radical (unpaired) electrons. The standard InChI is InChI=1S/C18H14ClFN4OS/c1-10-16-17(12-6-5-11(20)8-13(12)19)26-9-15(25)22-18(16)24(23-10)14-4-2-3-7-21-14/h2-8,17H,9H2,1H3,(H,22,25). The summed E-state index contributed by atoms with van der Waals surface area (Å²) in [5, 5.41) is 7.58. The highest BCUT2D eigenvalue weighted by Crippen LogP contribution is 2.45. The van der Waals surface area contributed by atoms with E-state index < -0.39 is 5.82 Å². The summed E-state index contributed by atoms with van der Waals surface area (Å²) in [6, 6.07) is 9.81. The van der Waals surface area contributed by atoms with Crippen molar-refractivity contribution in [2.75, 3.05) is 11.1 Å². The van der Waals surface area contributed by atoms with Crippen molar-refractivity contribution in [3.05, 3.63) is 70.3 Å². The first-order valence-corrected chi connectivity index (χ1v) is 9.34. The smallest absolute Gasteiger partial charge is 0.235 e. The Morgan fingerprint density at radius 1 is 1.35 bits per heavy atom. The van der Waals surface area contributed by atoms with E-state index in [1.165, 1.54) is 23.9 Å². The second-order valence-corrected chi connectivity index (χ2v) is 7.35. The molecule has 2 aromatic heterocycles. The van der Waals surface area contributed by atoms with E-state index in [0.717, 1.165) is 16.8 Å². The molecule has 1 aliphatic rings. The van der Waals surface area contributed by atoms with Gasteiger partial charge < -0.3 is 5.32 Å². The molecule has 0 saturated carbocycles. The molecule has 0 aliphatic carbocycles. The number of nitrogens with one attached hydrogen (secondary N) is 1. The largest absolute Gasteiger partial charge is 0.310 e. The van der Waals surface area contributed by atoms with Crippen LogP contribution >= 0.6 is 23.4 Å². The molecule has 0 saturated heterocycles. The lowest BCUT2D eigenvalue weighted by Gasteiger charge is -2.16. The molecule has 132 valence electrons. The van der Waals surface area contributed by atoms with Crippen molar-refractivity contribution in [1.82, 2.24) is 14.8 Å². The van der Waals surface area contributed by atoms with Crippen LogP contribution in [0.5, 0.6) is 0 Å². The minimum atomic E-state index is -0.396. The Bertz CT molecular complexity index is 992. The molecule has 1 N–H and O–H groups in total. The number of benzene rings is 1. The summed E-state index contributed by atoms with van der Waals surface area (Å²) < 4.78 is 15.1. The van der Waals surface area contributed by atoms with E-state index in [4.69, 9.17) is 11.6 Å². The number of aryl methyl sites for hydroxylation is 1. The fourth-order valence-electron chi connectivity index (χ4n) is 2.99. The molecule has 8 heteroatoms. The maximum absolute atomic E-state index is 13.5. The van der Waals surface area contributed by atoms with Gasteiger partial charge in [-0.25, -0.2) is 9.37 Å². The van der Waals surface area contributed by atoms with Gasteiger partial charge in [-0.15, -0.1) is 11.8 Å². The molecule has 26 heavy (non-hydrogen) atoms. The van der Waals surface area contributed by atoms with Crippen LogP contribution in [0.15, 0.2) is 42.6 Å². The lowest BCUT2D eigenvalue weighted by Crippen LogP contribution is -2.16. The minimum Gasteiger partial charge on any atom is -0.310 e. The van der Waals surface area contributed by atoms with Gasteiger partial charge in [0, 0.05) is 16.8 Å². The Hall–Kier alpha value is -2.38. The van der Waals surface area contributed by atoms with Gasteiger partial charge in [-0.05, 0) is 36.8 Å². The van der Waals surface area contributed by atoms with Gasteiger partial charge in [0.15, 0.2) is 5.82 Å². The zero-order chi connectivity index (χ0) is 18.3. The highest BCUT2D eigenvalue weighted by molar-refractivity contribution is 8.00. The van der Waals surface area contributed by atoms with Crippen molar-refractivity contribution in [1.29, 1.82) is 0 Å². The summed E-state index contributed by atoms with van der Waals surface area (Å²) in [7, 11) is 0. The topological polar surface area (TPSA) is 59.8 Å². The molecule has 1 amide bonds. The van der Waals surface area contributed by atoms with Crippen LogP contribution in [-0.2, 0) is 4.79 Å². The fraction of sp³-hybridized carbons (Fsp3) is 0.167. The van der Waals surface area contributed by atoms with Crippen LogP contribution in [0.1, 0.15) is 22.1 Å². The molecule has 0 spiro atoms. The molecule has 0 fully saturated rings. The van der Waals surface area contributed by atoms with Crippen LogP contribution in [-0.4, -0.2) is 26.4 Å². The average Bonchev–Trinajstić information content (AvgIpc) is 2.83. The summed E-state index contributed by atoms with van der Waals surface area (Å²) in [6.07, 6.45) is 1.67. The van der Waals surface area contributed by atoms with Gasteiger partial charge in [-0.1, -0.05) is 23.7 Å². The normalized spacial score (nSPS) is 16.7. The number of hydrogen-bond donors (Lipinski definition) is 1. The molecule has 1 atom stereocenters. The first-order valence-electron chi connectivity index (χ1n) is 7.92. The Kier molecular flexibility index (Phi) is 4.42. The molecule has 0 bridgehead atoms. The van der Waals surface area contributed by atoms with E-state index in [-0.39, 0.29) is 16.9 Å². The number of nitrogens with zero attached hydrogens (tertiary/aromatic N) is 3. The van der Waals surface area contributed by atoms with E-state index in [9.17, 15) is 9.18 Å². The Morgan fingerprint density at radius 2 is 2.19 bits per heavy atom. The molecule has 5 nitrogen and oxygen atoms in total. The highest BCUT2D eigenvalue weighted by Gasteiger charge is 2.31. The molecular weight excluding hydrogens is 375 g/mol. The highest BCUT2D eigenvalue weighted by atomic mass is 35.5. The summed E-state index contributed by atoms with van der Waals surface area (Å²) in [4.78, 5) is 16.6. The summed E-state index contributed by atoms with van der Waals surface area (Å²) in [5.41, 5.74) is 2.35. The predicted octanol–water partition coefficient (Wildman–Crippen LogP) is 4.14. The van der Waals surface area contributed by atoms with Crippen LogP contribution in [0.2, 0.25) is 5.02 Å². The molecule has 3 heterocycles. The van der Waals surface area contributed by atoms with E-state index in [2.05, 4.69) is 15.4 Å². The van der Waals surface area contributed by atoms with E-state index in [1.54, 1.807) is 16.9 Å². The second kappa shape index (κ2) is 6.74. The molecule has 3 aromatic rings. The Balaban J connectivity index is 1.91. The number of fused-ring (bicyclic) bond motifs is 1. The zero-order valence-corrected chi connectivity index (χ0v) is 15.3. The number of hydrogen-bond acceptors (Lipinski definition) is 4. The van der Waals surface area contributed by atoms with Crippen molar-refractivity contribution >= 4 is 35.1 Å². The predicted molar refractivity (Wildman–Crippen MR) is 100 cm³/mol. The SMILES string of the molecule is Cc1nn(-c2ccccn2)c2c1C(c1ccc(F)cc1Cl)SCC(=O)N2. The van der Waals surface area contributed by atoms with Crippen LogP contribution in [0.4, 0.5) is 10.2 Å². The van der Waals surface area contributed by atoms with Crippen molar-refractivity contribution in [2.45, 2.75) is 12.2 Å². The van der Waals surface area contributed by atoms with Crippen LogP contribution in [0, 0.1) is 12.7 Å². The number of carbonyl (C=O) groups excluding carboxylic acids is 1. The van der Waals surface area contributed by atoms with E-state index in [0.29, 0.717) is 16.7 Å². The first kappa shape index (κ1) is 17.1. The number of rotatable bonds is 2. The Labute approximate surface area is 158 Å². The maximum atomic E-state index is 13.5. The monoisotopic (exact) mass is 388 g/mol. The van der Waals surface area contributed by atoms with Gasteiger partial charge in [0.1, 0.15) is 11.6 Å². The number of pyridine rings is 1. The lowest BCUT2D eigenvalue weighted by atomic mass is 10.0. The fourth-order valence-corrected chi connectivity index (χ4v) is 4.55. The van der Waals surface area contributed by atoms with E-state index >= 15 is 0 Å². The number of carbonyl (C=O) groups is 1. The number of aromatic nitrogens is 3. The maximum Gasteiger partial charge on any atom is 0.235 e. The molecule has 4 rings (SSSR count). The number of halogens is 2. The zero-order valence-electron chi connectivity index (χ0n) is 13.7. The third-order valence-corrected chi connectivity index (χ3v) is 5.70. The summed E-state index contributed by atoms with van der Waals surface area (Å²) in [6.45, 7) is 1.88. The molecule has 1 aromatic carbocycles. The van der Waals surface area contributed by atoms with Crippen LogP contribution in [0.25, 0.3) is 5.82 Å². The third-order valence-electron chi connectivity index (χ3n) is 4.12. The minimum absolute atomic E-state index is 0.130. The van der Waals surface area contributed by atoms with Gasteiger partial charge in [-0.3, -0.25) is 4.79 Å². The number of amides is 1. The first-order chi connectivity index (χ1) is 12.5. The van der Waals surface area contributed by atoms with Crippen molar-refractivity contribution in [2.24, 2.45) is 0 Å². The molecule has 1 aliphatic heterocycles. The second-order valence-electron chi connectivity index (χ2n) is 5.85. The third kappa shape index (κ3) is 2.97. The summed E-state index contributed by atoms with van der Waals surface area (Å²) >= 11 is 7.73. The van der Waals surface area contributed by atoms with Gasteiger partial charge >= 0.3 is 0 Å². The van der Waals surface area contributed by atoms with Crippen LogP contribution < -0.4 is 5.32 Å². The summed E-state index contributed by atoms with van der Waals surface area (Å²) in [5.74, 6) is 0.908. The number of thioether (sulfide) groups is 1.